The molecule has 3 unspecified atom stereocenters. The number of nitrogens with two attached hydrogens (primary N) is 1. The smallest absolute Gasteiger partial charge is 0.0372 e. The van der Waals surface area contributed by atoms with Crippen LogP contribution in [0.15, 0.2) is 24.3 Å². The van der Waals surface area contributed by atoms with Gasteiger partial charge >= 0.3 is 0 Å². The van der Waals surface area contributed by atoms with Crippen LogP contribution in [0.25, 0.3) is 0 Å². The van der Waals surface area contributed by atoms with Gasteiger partial charge in [0, 0.05) is 24.7 Å². The fourth-order valence-electron chi connectivity index (χ4n) is 3.85. The first-order valence-corrected chi connectivity index (χ1v) is 7.41. The number of rotatable bonds is 3. The maximum absolute atomic E-state index is 6.31. The Labute approximate surface area is 116 Å². The first-order chi connectivity index (χ1) is 9.16. The molecule has 1 aromatic rings. The van der Waals surface area contributed by atoms with Gasteiger partial charge in [-0.15, -0.1) is 0 Å². The van der Waals surface area contributed by atoms with Gasteiger partial charge in [0.25, 0.3) is 0 Å². The molecule has 104 valence electrons. The van der Waals surface area contributed by atoms with E-state index in [0.717, 1.165) is 13.0 Å². The summed E-state index contributed by atoms with van der Waals surface area (Å²) in [5, 5.41) is 0. The fourth-order valence-corrected chi connectivity index (χ4v) is 3.85. The maximum atomic E-state index is 6.31. The summed E-state index contributed by atoms with van der Waals surface area (Å²) in [6, 6.07) is 10.2. The van der Waals surface area contributed by atoms with Crippen LogP contribution in [-0.4, -0.2) is 43.0 Å². The van der Waals surface area contributed by atoms with Gasteiger partial charge in [-0.05, 0) is 51.0 Å². The van der Waals surface area contributed by atoms with Crippen LogP contribution in [0.1, 0.15) is 42.5 Å². The van der Waals surface area contributed by atoms with E-state index in [9.17, 15) is 0 Å². The lowest BCUT2D eigenvalue weighted by molar-refractivity contribution is 0.149. The minimum atomic E-state index is 0.224. The van der Waals surface area contributed by atoms with E-state index in [1.165, 1.54) is 30.5 Å². The molecule has 0 bridgehead atoms. The van der Waals surface area contributed by atoms with Crippen molar-refractivity contribution in [1.82, 2.24) is 9.80 Å². The number of benzene rings is 1. The first-order valence-electron chi connectivity index (χ1n) is 7.41. The molecular formula is C16H25N3. The van der Waals surface area contributed by atoms with Gasteiger partial charge in [-0.3, -0.25) is 4.90 Å². The lowest BCUT2D eigenvalue weighted by Gasteiger charge is -2.32. The van der Waals surface area contributed by atoms with Gasteiger partial charge in [-0.1, -0.05) is 24.3 Å². The SMILES string of the molecule is CN(C)CC1CCCN1C1CC(N)c2ccccc21. The monoisotopic (exact) mass is 259 g/mol. The third kappa shape index (κ3) is 2.42. The summed E-state index contributed by atoms with van der Waals surface area (Å²) in [5.41, 5.74) is 9.15. The standard InChI is InChI=1S/C16H25N3/c1-18(2)11-12-6-5-9-19(12)16-10-15(17)13-7-3-4-8-14(13)16/h3-4,7-8,12,15-16H,5-6,9-11,17H2,1-2H3. The lowest BCUT2D eigenvalue weighted by atomic mass is 10.1. The quantitative estimate of drug-likeness (QED) is 0.903. The summed E-state index contributed by atoms with van der Waals surface area (Å²) in [6.07, 6.45) is 3.74. The molecule has 0 aromatic heterocycles. The van der Waals surface area contributed by atoms with E-state index in [-0.39, 0.29) is 6.04 Å². The van der Waals surface area contributed by atoms with Gasteiger partial charge in [0.1, 0.15) is 0 Å². The van der Waals surface area contributed by atoms with E-state index in [2.05, 4.69) is 48.2 Å². The third-order valence-electron chi connectivity index (χ3n) is 4.63. The highest BCUT2D eigenvalue weighted by Crippen LogP contribution is 2.43. The molecule has 1 aliphatic carbocycles. The molecule has 2 N–H and O–H groups in total. The molecule has 2 aliphatic rings. The number of hydrogen-bond acceptors (Lipinski definition) is 3. The molecule has 19 heavy (non-hydrogen) atoms. The molecule has 1 aliphatic heterocycles. The molecule has 1 saturated heterocycles. The van der Waals surface area contributed by atoms with Gasteiger partial charge < -0.3 is 10.6 Å². The summed E-state index contributed by atoms with van der Waals surface area (Å²) in [4.78, 5) is 5.01. The molecule has 1 heterocycles. The predicted octanol–water partition coefficient (Wildman–Crippen LogP) is 2.16. The molecule has 0 spiro atoms. The van der Waals surface area contributed by atoms with Gasteiger partial charge in [0.15, 0.2) is 0 Å². The number of hydrogen-bond donors (Lipinski definition) is 1. The topological polar surface area (TPSA) is 32.5 Å². The second kappa shape index (κ2) is 5.23. The summed E-state index contributed by atoms with van der Waals surface area (Å²) < 4.78 is 0. The zero-order valence-electron chi connectivity index (χ0n) is 12.0. The highest BCUT2D eigenvalue weighted by molar-refractivity contribution is 5.37. The van der Waals surface area contributed by atoms with E-state index >= 15 is 0 Å². The molecule has 3 rings (SSSR count). The lowest BCUT2D eigenvalue weighted by Crippen LogP contribution is -2.39. The van der Waals surface area contributed by atoms with Crippen LogP contribution in [0.2, 0.25) is 0 Å². The zero-order chi connectivity index (χ0) is 13.4. The number of nitrogens with zero attached hydrogens (tertiary/aromatic N) is 2. The van der Waals surface area contributed by atoms with Crippen molar-refractivity contribution in [2.24, 2.45) is 5.73 Å². The van der Waals surface area contributed by atoms with E-state index < -0.39 is 0 Å². The highest BCUT2D eigenvalue weighted by Gasteiger charge is 2.37. The molecule has 1 aromatic carbocycles. The minimum Gasteiger partial charge on any atom is -0.324 e. The van der Waals surface area contributed by atoms with Gasteiger partial charge in [0.2, 0.25) is 0 Å². The molecule has 0 amide bonds. The molecule has 0 radical (unpaired) electrons. The van der Waals surface area contributed by atoms with Crippen molar-refractivity contribution in [3.05, 3.63) is 35.4 Å². The van der Waals surface area contributed by atoms with Crippen molar-refractivity contribution in [2.45, 2.75) is 37.4 Å². The van der Waals surface area contributed by atoms with Gasteiger partial charge in [-0.25, -0.2) is 0 Å². The average Bonchev–Trinajstić information content (AvgIpc) is 2.94. The molecule has 0 saturated carbocycles. The van der Waals surface area contributed by atoms with E-state index in [1.54, 1.807) is 0 Å². The zero-order valence-corrected chi connectivity index (χ0v) is 12.0. The average molecular weight is 259 g/mol. The van der Waals surface area contributed by atoms with Gasteiger partial charge in [-0.2, -0.15) is 0 Å². The Morgan fingerprint density at radius 2 is 2.00 bits per heavy atom. The second-order valence-corrected chi connectivity index (χ2v) is 6.28. The molecule has 3 heteroatoms. The first kappa shape index (κ1) is 13.1. The van der Waals surface area contributed by atoms with Crippen LogP contribution < -0.4 is 5.73 Å². The van der Waals surface area contributed by atoms with Crippen LogP contribution in [0.4, 0.5) is 0 Å². The summed E-state index contributed by atoms with van der Waals surface area (Å²) >= 11 is 0. The Hall–Kier alpha value is -0.900. The number of fused-ring (bicyclic) bond motifs is 1. The fraction of sp³-hybridized carbons (Fsp3) is 0.625. The Kier molecular flexibility index (Phi) is 3.61. The third-order valence-corrected chi connectivity index (χ3v) is 4.63. The summed E-state index contributed by atoms with van der Waals surface area (Å²) in [6.45, 7) is 2.39. The predicted molar refractivity (Wildman–Crippen MR) is 79.0 cm³/mol. The van der Waals surface area contributed by atoms with Crippen molar-refractivity contribution in [2.75, 3.05) is 27.2 Å². The van der Waals surface area contributed by atoms with Crippen LogP contribution in [-0.2, 0) is 0 Å². The summed E-state index contributed by atoms with van der Waals surface area (Å²) in [7, 11) is 4.34. The van der Waals surface area contributed by atoms with Crippen LogP contribution in [0, 0.1) is 0 Å². The molecule has 3 nitrogen and oxygen atoms in total. The van der Waals surface area contributed by atoms with E-state index in [1.807, 2.05) is 0 Å². The van der Waals surface area contributed by atoms with Gasteiger partial charge in [0.05, 0.1) is 0 Å². The molecular weight excluding hydrogens is 234 g/mol. The van der Waals surface area contributed by atoms with Crippen molar-refractivity contribution in [3.8, 4) is 0 Å². The maximum Gasteiger partial charge on any atom is 0.0372 e. The Morgan fingerprint density at radius 3 is 2.74 bits per heavy atom. The second-order valence-electron chi connectivity index (χ2n) is 6.28. The van der Waals surface area contributed by atoms with Crippen LogP contribution >= 0.6 is 0 Å². The van der Waals surface area contributed by atoms with Crippen LogP contribution in [0.3, 0.4) is 0 Å². The van der Waals surface area contributed by atoms with E-state index in [0.29, 0.717) is 12.1 Å². The number of likely N-dealkylation sites (tertiary alicyclic amines) is 1. The Bertz CT molecular complexity index is 443. The Morgan fingerprint density at radius 1 is 1.26 bits per heavy atom. The van der Waals surface area contributed by atoms with Crippen molar-refractivity contribution in [3.63, 3.8) is 0 Å². The largest absolute Gasteiger partial charge is 0.324 e. The van der Waals surface area contributed by atoms with Crippen molar-refractivity contribution < 1.29 is 0 Å². The Balaban J connectivity index is 1.83. The minimum absolute atomic E-state index is 0.224. The molecule has 3 atom stereocenters. The number of likely N-dealkylation sites (N-methyl/N-ethyl adjacent to an activating group) is 1. The van der Waals surface area contributed by atoms with Crippen molar-refractivity contribution >= 4 is 0 Å². The summed E-state index contributed by atoms with van der Waals surface area (Å²) in [5.74, 6) is 0. The molecule has 1 fully saturated rings. The van der Waals surface area contributed by atoms with E-state index in [4.69, 9.17) is 5.73 Å². The van der Waals surface area contributed by atoms with Crippen molar-refractivity contribution in [1.29, 1.82) is 0 Å². The highest BCUT2D eigenvalue weighted by atomic mass is 15.2. The normalized spacial score (nSPS) is 31.1. The van der Waals surface area contributed by atoms with Crippen LogP contribution in [0.5, 0.6) is 0 Å².